The average Bonchev–Trinajstić information content (AvgIpc) is 3.49. The Balaban J connectivity index is 1.31. The van der Waals surface area contributed by atoms with Crippen molar-refractivity contribution in [3.63, 3.8) is 0 Å². The number of hydrogen-bond donors (Lipinski definition) is 2. The molecule has 5 rings (SSSR count). The lowest BCUT2D eigenvalue weighted by Crippen LogP contribution is -2.42. The van der Waals surface area contributed by atoms with Gasteiger partial charge in [-0.05, 0) is 62.0 Å². The number of aliphatic hydroxyl groups excluding tert-OH is 2. The molecule has 2 heterocycles. The second kappa shape index (κ2) is 8.13. The molecule has 2 saturated carbocycles. The van der Waals surface area contributed by atoms with Gasteiger partial charge < -0.3 is 15.1 Å². The number of hydrogen-bond acceptors (Lipinski definition) is 4. The molecule has 1 saturated heterocycles. The Hall–Kier alpha value is -1.63. The van der Waals surface area contributed by atoms with Crippen LogP contribution < -0.4 is 5.69 Å². The molecule has 0 unspecified atom stereocenters. The average molecular weight is 414 g/mol. The highest BCUT2D eigenvalue weighted by atomic mass is 16.3. The van der Waals surface area contributed by atoms with E-state index in [2.05, 4.69) is 4.90 Å². The molecule has 1 aromatic carbocycles. The van der Waals surface area contributed by atoms with Crippen molar-refractivity contribution in [1.29, 1.82) is 0 Å². The van der Waals surface area contributed by atoms with Gasteiger partial charge in [0, 0.05) is 25.7 Å². The first-order valence-corrected chi connectivity index (χ1v) is 11.8. The lowest BCUT2D eigenvalue weighted by atomic mass is 9.76. The lowest BCUT2D eigenvalue weighted by molar-refractivity contribution is 0.0807. The predicted molar refractivity (Wildman–Crippen MR) is 118 cm³/mol. The first-order valence-electron chi connectivity index (χ1n) is 11.8. The summed E-state index contributed by atoms with van der Waals surface area (Å²) in [7, 11) is 0. The third-order valence-corrected chi connectivity index (χ3v) is 8.11. The van der Waals surface area contributed by atoms with Crippen molar-refractivity contribution < 1.29 is 10.2 Å². The van der Waals surface area contributed by atoms with E-state index in [-0.39, 0.29) is 24.9 Å². The van der Waals surface area contributed by atoms with Crippen LogP contribution in [0.2, 0.25) is 0 Å². The molecule has 30 heavy (non-hydrogen) atoms. The van der Waals surface area contributed by atoms with E-state index in [1.54, 1.807) is 4.57 Å². The molecule has 0 radical (unpaired) electrons. The summed E-state index contributed by atoms with van der Waals surface area (Å²) < 4.78 is 3.57. The summed E-state index contributed by atoms with van der Waals surface area (Å²) in [6.45, 7) is 3.15. The summed E-state index contributed by atoms with van der Waals surface area (Å²) in [6, 6.07) is 8.04. The largest absolute Gasteiger partial charge is 0.394 e. The summed E-state index contributed by atoms with van der Waals surface area (Å²) in [4.78, 5) is 15.9. The molecule has 0 amide bonds. The first kappa shape index (κ1) is 20.3. The minimum atomic E-state index is -0.922. The Morgan fingerprint density at radius 1 is 1.03 bits per heavy atom. The third kappa shape index (κ3) is 3.63. The minimum absolute atomic E-state index is 0.0636. The van der Waals surface area contributed by atoms with Crippen LogP contribution in [0.5, 0.6) is 0 Å². The summed E-state index contributed by atoms with van der Waals surface area (Å²) in [5.74, 6) is 0.882. The van der Waals surface area contributed by atoms with Gasteiger partial charge in [-0.2, -0.15) is 0 Å². The summed E-state index contributed by atoms with van der Waals surface area (Å²) >= 11 is 0. The van der Waals surface area contributed by atoms with Gasteiger partial charge in [0.25, 0.3) is 0 Å². The molecule has 1 aliphatic heterocycles. The summed E-state index contributed by atoms with van der Waals surface area (Å²) in [5.41, 5.74) is 2.41. The van der Waals surface area contributed by atoms with Crippen LogP contribution in [0.15, 0.2) is 29.1 Å². The van der Waals surface area contributed by atoms with Gasteiger partial charge in [0.2, 0.25) is 0 Å². The van der Waals surface area contributed by atoms with E-state index in [0.29, 0.717) is 5.41 Å². The van der Waals surface area contributed by atoms with Gasteiger partial charge in [0.1, 0.15) is 0 Å². The standard InChI is InChI=1S/C24H35N3O3/c28-17-20(29)16-26-21-6-1-2-7-22(21)27(23(26)30)19-8-13-25(14-9-19)15-18-5-3-4-10-24(18)11-12-24/h1-2,6-7,18-20,28-29H,3-5,8-17H2/t18-,20+/m1/s1. The van der Waals surface area contributed by atoms with Gasteiger partial charge in [0.15, 0.2) is 0 Å². The molecule has 164 valence electrons. The highest BCUT2D eigenvalue weighted by molar-refractivity contribution is 5.76. The zero-order valence-electron chi connectivity index (χ0n) is 17.9. The Bertz CT molecular complexity index is 937. The zero-order chi connectivity index (χ0) is 20.7. The van der Waals surface area contributed by atoms with Crippen molar-refractivity contribution in [2.45, 2.75) is 70.1 Å². The maximum absolute atomic E-state index is 13.3. The molecule has 6 heteroatoms. The number of aliphatic hydroxyl groups is 2. The number of fused-ring (bicyclic) bond motifs is 1. The van der Waals surface area contributed by atoms with Crippen molar-refractivity contribution in [2.24, 2.45) is 11.3 Å². The predicted octanol–water partition coefficient (Wildman–Crippen LogP) is 2.76. The second-order valence-electron chi connectivity index (χ2n) is 9.93. The first-order chi connectivity index (χ1) is 14.6. The smallest absolute Gasteiger partial charge is 0.329 e. The van der Waals surface area contributed by atoms with Crippen molar-refractivity contribution in [3.05, 3.63) is 34.7 Å². The molecule has 3 aliphatic rings. The molecule has 1 spiro atoms. The monoisotopic (exact) mass is 413 g/mol. The third-order valence-electron chi connectivity index (χ3n) is 8.11. The minimum Gasteiger partial charge on any atom is -0.394 e. The van der Waals surface area contributed by atoms with Crippen LogP contribution in [0.4, 0.5) is 0 Å². The van der Waals surface area contributed by atoms with E-state index in [9.17, 15) is 15.0 Å². The van der Waals surface area contributed by atoms with Crippen molar-refractivity contribution in [1.82, 2.24) is 14.0 Å². The summed E-state index contributed by atoms with van der Waals surface area (Å²) in [5, 5.41) is 19.2. The quantitative estimate of drug-likeness (QED) is 0.764. The number of imidazole rings is 1. The molecule has 6 nitrogen and oxygen atoms in total. The number of piperidine rings is 1. The number of para-hydroxylation sites is 2. The number of rotatable bonds is 6. The van der Waals surface area contributed by atoms with Gasteiger partial charge in [-0.3, -0.25) is 9.13 Å². The van der Waals surface area contributed by atoms with Gasteiger partial charge in [-0.25, -0.2) is 4.79 Å². The van der Waals surface area contributed by atoms with E-state index in [1.165, 1.54) is 45.1 Å². The fourth-order valence-electron chi connectivity index (χ4n) is 6.18. The van der Waals surface area contributed by atoms with Crippen molar-refractivity contribution >= 4 is 11.0 Å². The van der Waals surface area contributed by atoms with Gasteiger partial charge in [0.05, 0.1) is 30.3 Å². The Kier molecular flexibility index (Phi) is 5.50. The molecule has 3 fully saturated rings. The van der Waals surface area contributed by atoms with Crippen LogP contribution in [-0.2, 0) is 6.54 Å². The van der Waals surface area contributed by atoms with Crippen LogP contribution >= 0.6 is 0 Å². The highest BCUT2D eigenvalue weighted by Gasteiger charge is 2.50. The van der Waals surface area contributed by atoms with E-state index in [0.717, 1.165) is 42.9 Å². The molecule has 1 aromatic heterocycles. The van der Waals surface area contributed by atoms with Crippen LogP contribution in [0.3, 0.4) is 0 Å². The molecule has 2 N–H and O–H groups in total. The number of aromatic nitrogens is 2. The van der Waals surface area contributed by atoms with Gasteiger partial charge in [-0.1, -0.05) is 25.0 Å². The van der Waals surface area contributed by atoms with Crippen LogP contribution in [0.1, 0.15) is 57.4 Å². The number of likely N-dealkylation sites (tertiary alicyclic amines) is 1. The maximum atomic E-state index is 13.3. The Morgan fingerprint density at radius 3 is 2.47 bits per heavy atom. The van der Waals surface area contributed by atoms with E-state index in [4.69, 9.17) is 0 Å². The molecule has 2 atom stereocenters. The molecule has 2 aromatic rings. The molecular formula is C24H35N3O3. The van der Waals surface area contributed by atoms with E-state index < -0.39 is 6.10 Å². The fraction of sp³-hybridized carbons (Fsp3) is 0.708. The zero-order valence-corrected chi connectivity index (χ0v) is 17.9. The fourth-order valence-corrected chi connectivity index (χ4v) is 6.18. The van der Waals surface area contributed by atoms with Gasteiger partial charge in [-0.15, -0.1) is 0 Å². The van der Waals surface area contributed by atoms with E-state index >= 15 is 0 Å². The normalized spacial score (nSPS) is 25.7. The maximum Gasteiger partial charge on any atom is 0.329 e. The Morgan fingerprint density at radius 2 is 1.77 bits per heavy atom. The van der Waals surface area contributed by atoms with Crippen molar-refractivity contribution in [2.75, 3.05) is 26.2 Å². The number of nitrogens with zero attached hydrogens (tertiary/aromatic N) is 3. The number of benzene rings is 1. The SMILES string of the molecule is O=c1n(C[C@H](O)CO)c2ccccc2n1C1CCN(C[C@H]2CCCCC23CC3)CC1. The van der Waals surface area contributed by atoms with E-state index in [1.807, 2.05) is 28.8 Å². The molecular weight excluding hydrogens is 378 g/mol. The van der Waals surface area contributed by atoms with Crippen LogP contribution in [0.25, 0.3) is 11.0 Å². The lowest BCUT2D eigenvalue weighted by Gasteiger charge is -2.39. The van der Waals surface area contributed by atoms with Crippen LogP contribution in [0, 0.1) is 11.3 Å². The van der Waals surface area contributed by atoms with Crippen molar-refractivity contribution in [3.8, 4) is 0 Å². The Labute approximate surface area is 178 Å². The second-order valence-corrected chi connectivity index (χ2v) is 9.93. The molecule has 0 bridgehead atoms. The van der Waals surface area contributed by atoms with Crippen LogP contribution in [-0.4, -0.2) is 56.6 Å². The highest BCUT2D eigenvalue weighted by Crippen LogP contribution is 2.59. The topological polar surface area (TPSA) is 70.6 Å². The summed E-state index contributed by atoms with van der Waals surface area (Å²) in [6.07, 6.45) is 9.64. The van der Waals surface area contributed by atoms with Gasteiger partial charge >= 0.3 is 5.69 Å². The molecule has 2 aliphatic carbocycles.